The first-order valence-corrected chi connectivity index (χ1v) is 13.2. The van der Waals surface area contributed by atoms with Gasteiger partial charge in [0.25, 0.3) is 0 Å². The second-order valence-electron chi connectivity index (χ2n) is 10.6. The van der Waals surface area contributed by atoms with Gasteiger partial charge in [-0.15, -0.1) is 0 Å². The topological polar surface area (TPSA) is 91.7 Å². The summed E-state index contributed by atoms with van der Waals surface area (Å²) in [6.45, 7) is 1.57. The van der Waals surface area contributed by atoms with E-state index in [1.807, 2.05) is 24.3 Å². The smallest absolute Gasteiger partial charge is 0.323 e. The van der Waals surface area contributed by atoms with E-state index in [9.17, 15) is 9.59 Å². The number of piperidine rings is 2. The number of ether oxygens (including phenoxy) is 1. The lowest BCUT2D eigenvalue weighted by molar-refractivity contribution is -0.153. The third-order valence-corrected chi connectivity index (χ3v) is 8.83. The van der Waals surface area contributed by atoms with Crippen LogP contribution in [0, 0.1) is 11.7 Å². The molecule has 0 aliphatic carbocycles. The Morgan fingerprint density at radius 2 is 1.73 bits per heavy atom. The van der Waals surface area contributed by atoms with Gasteiger partial charge in [-0.1, -0.05) is 36.4 Å². The maximum atomic E-state index is 15.3. The van der Waals surface area contributed by atoms with Crippen molar-refractivity contribution in [2.75, 3.05) is 20.2 Å². The number of nitrogens with one attached hydrogen (secondary N) is 1. The summed E-state index contributed by atoms with van der Waals surface area (Å²) in [5.41, 5.74) is 9.50. The van der Waals surface area contributed by atoms with Gasteiger partial charge in [-0.05, 0) is 56.5 Å². The van der Waals surface area contributed by atoms with Crippen LogP contribution in [0.5, 0.6) is 0 Å². The summed E-state index contributed by atoms with van der Waals surface area (Å²) in [5.74, 6) is -0.861. The molecular formula is C29H33FN4O3. The molecule has 0 radical (unpaired) electrons. The molecule has 0 spiro atoms. The Kier molecular flexibility index (Phi) is 6.24. The molecule has 7 nitrogen and oxygen atoms in total. The van der Waals surface area contributed by atoms with E-state index in [4.69, 9.17) is 10.5 Å². The van der Waals surface area contributed by atoms with Gasteiger partial charge in [0.15, 0.2) is 0 Å². The van der Waals surface area contributed by atoms with Gasteiger partial charge in [0.1, 0.15) is 11.9 Å². The molecule has 8 heteroatoms. The van der Waals surface area contributed by atoms with Crippen LogP contribution in [0.1, 0.15) is 54.6 Å². The Morgan fingerprint density at radius 3 is 2.46 bits per heavy atom. The first-order chi connectivity index (χ1) is 18.0. The van der Waals surface area contributed by atoms with Gasteiger partial charge >= 0.3 is 5.97 Å². The summed E-state index contributed by atoms with van der Waals surface area (Å²) in [4.78, 5) is 33.3. The van der Waals surface area contributed by atoms with E-state index < -0.39 is 6.04 Å². The predicted molar refractivity (Wildman–Crippen MR) is 138 cm³/mol. The van der Waals surface area contributed by atoms with Crippen LogP contribution in [0.25, 0.3) is 10.9 Å². The number of likely N-dealkylation sites (tertiary alicyclic amines) is 1. The predicted octanol–water partition coefficient (Wildman–Crippen LogP) is 3.85. The number of nitrogens with two attached hydrogens (primary N) is 1. The summed E-state index contributed by atoms with van der Waals surface area (Å²) in [6.07, 6.45) is 3.50. The van der Waals surface area contributed by atoms with E-state index in [0.717, 1.165) is 54.5 Å². The number of rotatable bonds is 4. The minimum Gasteiger partial charge on any atom is -0.468 e. The van der Waals surface area contributed by atoms with Crippen LogP contribution in [0.4, 0.5) is 4.39 Å². The van der Waals surface area contributed by atoms with Gasteiger partial charge in [0, 0.05) is 46.6 Å². The van der Waals surface area contributed by atoms with Crippen molar-refractivity contribution < 1.29 is 18.7 Å². The quantitative estimate of drug-likeness (QED) is 0.527. The number of methoxy groups -OCH3 is 1. The number of carbonyl (C=O) groups excluding carboxylic acids is 2. The fraction of sp³-hybridized carbons (Fsp3) is 0.448. The van der Waals surface area contributed by atoms with Gasteiger partial charge in [0.05, 0.1) is 13.2 Å². The number of para-hydroxylation sites is 1. The van der Waals surface area contributed by atoms with E-state index in [0.29, 0.717) is 18.4 Å². The molecule has 0 saturated carbocycles. The molecule has 1 amide bonds. The number of primary amides is 1. The number of carbonyl (C=O) groups is 2. The molecule has 4 heterocycles. The van der Waals surface area contributed by atoms with E-state index in [2.05, 4.69) is 26.9 Å². The average Bonchev–Trinajstić information content (AvgIpc) is 3.31. The Bertz CT molecular complexity index is 1330. The van der Waals surface area contributed by atoms with Crippen molar-refractivity contribution in [1.82, 2.24) is 14.8 Å². The molecule has 6 rings (SSSR count). The largest absolute Gasteiger partial charge is 0.468 e. The van der Waals surface area contributed by atoms with E-state index >= 15 is 4.39 Å². The molecule has 1 aromatic heterocycles. The lowest BCUT2D eigenvalue weighted by Crippen LogP contribution is -2.57. The third kappa shape index (κ3) is 4.12. The molecule has 4 atom stereocenters. The number of nitrogens with zero attached hydrogens (tertiary/aromatic N) is 2. The van der Waals surface area contributed by atoms with Crippen LogP contribution < -0.4 is 5.73 Å². The fourth-order valence-electron chi connectivity index (χ4n) is 7.02. The van der Waals surface area contributed by atoms with Crippen LogP contribution in [0.2, 0.25) is 0 Å². The van der Waals surface area contributed by atoms with Gasteiger partial charge in [0.2, 0.25) is 5.91 Å². The number of hydrogen-bond donors (Lipinski definition) is 2. The van der Waals surface area contributed by atoms with Gasteiger partial charge in [-0.3, -0.25) is 14.5 Å². The molecule has 3 aromatic rings. The lowest BCUT2D eigenvalue weighted by atomic mass is 9.78. The van der Waals surface area contributed by atoms with Crippen molar-refractivity contribution in [3.8, 4) is 0 Å². The number of fused-ring (bicyclic) bond motifs is 5. The monoisotopic (exact) mass is 504 g/mol. The molecule has 2 saturated heterocycles. The van der Waals surface area contributed by atoms with E-state index in [1.54, 1.807) is 6.07 Å². The summed E-state index contributed by atoms with van der Waals surface area (Å²) in [7, 11) is 1.43. The number of amides is 1. The molecule has 2 fully saturated rings. The summed E-state index contributed by atoms with van der Waals surface area (Å²) in [5, 5.41) is 1.12. The van der Waals surface area contributed by atoms with E-state index in [-0.39, 0.29) is 41.7 Å². The highest BCUT2D eigenvalue weighted by Crippen LogP contribution is 2.50. The number of hydrogen-bond acceptors (Lipinski definition) is 5. The Morgan fingerprint density at radius 1 is 1.03 bits per heavy atom. The van der Waals surface area contributed by atoms with E-state index in [1.165, 1.54) is 13.2 Å². The summed E-state index contributed by atoms with van der Waals surface area (Å²) >= 11 is 0. The second kappa shape index (κ2) is 9.58. The number of halogens is 1. The molecule has 3 aliphatic heterocycles. The highest BCUT2D eigenvalue weighted by Gasteiger charge is 2.49. The van der Waals surface area contributed by atoms with Crippen molar-refractivity contribution in [2.45, 2.75) is 56.3 Å². The number of aromatic nitrogens is 1. The molecule has 3 N–H and O–H groups in total. The number of H-pyrrole nitrogens is 1. The van der Waals surface area contributed by atoms with Crippen LogP contribution >= 0.6 is 0 Å². The minimum absolute atomic E-state index is 0.0857. The zero-order chi connectivity index (χ0) is 25.7. The normalized spacial score (nSPS) is 27.0. The van der Waals surface area contributed by atoms with Crippen LogP contribution in [0.3, 0.4) is 0 Å². The maximum Gasteiger partial charge on any atom is 0.323 e. The van der Waals surface area contributed by atoms with Crippen molar-refractivity contribution in [3.63, 3.8) is 0 Å². The third-order valence-electron chi connectivity index (χ3n) is 8.83. The standard InChI is InChI=1S/C29H33FN4O3/c1-37-29(36)26-16-21-19-6-3-5-9-23(19)32-27(21)25-15-18(33-12-10-17(11-13-33)28(31)35)14-24(34(25)26)20-7-2-4-8-22(20)30/h2-9,17-18,24-26,32H,10-16H2,1H3,(H2,31,35)/t18-,24-,25+,26-/m0/s1. The number of benzene rings is 2. The highest BCUT2D eigenvalue weighted by atomic mass is 19.1. The molecule has 2 aromatic carbocycles. The van der Waals surface area contributed by atoms with Crippen molar-refractivity contribution in [1.29, 1.82) is 0 Å². The highest BCUT2D eigenvalue weighted by molar-refractivity contribution is 5.87. The van der Waals surface area contributed by atoms with Crippen molar-refractivity contribution in [2.24, 2.45) is 11.7 Å². The Hall–Kier alpha value is -3.23. The lowest BCUT2D eigenvalue weighted by Gasteiger charge is -2.53. The molecule has 194 valence electrons. The zero-order valence-corrected chi connectivity index (χ0v) is 21.0. The molecule has 3 aliphatic rings. The minimum atomic E-state index is -0.507. The Labute approximate surface area is 215 Å². The van der Waals surface area contributed by atoms with Crippen LogP contribution in [0.15, 0.2) is 48.5 Å². The number of esters is 1. The summed E-state index contributed by atoms with van der Waals surface area (Å²) in [6, 6.07) is 14.4. The first-order valence-electron chi connectivity index (χ1n) is 13.2. The second-order valence-corrected chi connectivity index (χ2v) is 10.6. The van der Waals surface area contributed by atoms with Crippen LogP contribution in [-0.4, -0.2) is 58.9 Å². The molecule has 37 heavy (non-hydrogen) atoms. The van der Waals surface area contributed by atoms with Crippen molar-refractivity contribution >= 4 is 22.8 Å². The van der Waals surface area contributed by atoms with Crippen molar-refractivity contribution in [3.05, 3.63) is 71.2 Å². The van der Waals surface area contributed by atoms with Crippen LogP contribution in [-0.2, 0) is 20.7 Å². The first kappa shape index (κ1) is 24.1. The van der Waals surface area contributed by atoms with Gasteiger partial charge in [-0.2, -0.15) is 0 Å². The SMILES string of the molecule is COC(=O)[C@@H]1Cc2c([nH]c3ccccc23)[C@H]2C[C@@H](N3CCC(C(N)=O)CC3)C[C@@H](c3ccccc3F)N21. The molecule has 0 bridgehead atoms. The maximum absolute atomic E-state index is 15.3. The molecule has 0 unspecified atom stereocenters. The average molecular weight is 505 g/mol. The Balaban J connectivity index is 1.45. The fourth-order valence-corrected chi connectivity index (χ4v) is 7.02. The van der Waals surface area contributed by atoms with Gasteiger partial charge < -0.3 is 20.4 Å². The van der Waals surface area contributed by atoms with Gasteiger partial charge in [-0.25, -0.2) is 4.39 Å². The molecular weight excluding hydrogens is 471 g/mol. The summed E-state index contributed by atoms with van der Waals surface area (Å²) < 4.78 is 20.6. The number of aromatic amines is 1. The zero-order valence-electron chi connectivity index (χ0n) is 21.0.